The first-order valence-corrected chi connectivity index (χ1v) is 7.45. The first-order chi connectivity index (χ1) is 10.2. The van der Waals surface area contributed by atoms with Crippen LogP contribution in [0.3, 0.4) is 0 Å². The lowest BCUT2D eigenvalue weighted by Crippen LogP contribution is -2.21. The van der Waals surface area contributed by atoms with Crippen molar-refractivity contribution in [1.82, 2.24) is 4.90 Å². The second-order valence-electron chi connectivity index (χ2n) is 5.77. The Morgan fingerprint density at radius 3 is 2.71 bits per heavy atom. The third-order valence-corrected chi connectivity index (χ3v) is 3.79. The highest BCUT2D eigenvalue weighted by Crippen LogP contribution is 2.34. The van der Waals surface area contributed by atoms with Gasteiger partial charge in [-0.3, -0.25) is 0 Å². The largest absolute Gasteiger partial charge is 0.493 e. The molecule has 0 amide bonds. The summed E-state index contributed by atoms with van der Waals surface area (Å²) in [5, 5.41) is 3.70. The van der Waals surface area contributed by atoms with Gasteiger partial charge in [0.15, 0.2) is 0 Å². The van der Waals surface area contributed by atoms with E-state index in [-0.39, 0.29) is 0 Å². The number of hydrogen-bond donors (Lipinski definition) is 1. The second kappa shape index (κ2) is 6.19. The molecule has 0 aromatic heterocycles. The monoisotopic (exact) mass is 282 g/mol. The zero-order valence-corrected chi connectivity index (χ0v) is 12.7. The van der Waals surface area contributed by atoms with E-state index in [0.717, 1.165) is 25.3 Å². The van der Waals surface area contributed by atoms with E-state index in [2.05, 4.69) is 66.8 Å². The molecule has 1 unspecified atom stereocenters. The highest BCUT2D eigenvalue weighted by Gasteiger charge is 2.21. The van der Waals surface area contributed by atoms with Crippen molar-refractivity contribution < 1.29 is 4.74 Å². The summed E-state index contributed by atoms with van der Waals surface area (Å²) in [6.45, 7) is 1.71. The topological polar surface area (TPSA) is 24.5 Å². The number of para-hydroxylation sites is 2. The molecule has 0 spiro atoms. The van der Waals surface area contributed by atoms with Crippen molar-refractivity contribution in [1.29, 1.82) is 0 Å². The van der Waals surface area contributed by atoms with Crippen molar-refractivity contribution in [3.63, 3.8) is 0 Å². The van der Waals surface area contributed by atoms with Gasteiger partial charge < -0.3 is 15.0 Å². The fraction of sp³-hybridized carbons (Fsp3) is 0.333. The van der Waals surface area contributed by atoms with Gasteiger partial charge in [-0.15, -0.1) is 0 Å². The molecule has 1 heterocycles. The molecule has 1 aliphatic heterocycles. The Labute approximate surface area is 126 Å². The van der Waals surface area contributed by atoms with E-state index in [9.17, 15) is 0 Å². The van der Waals surface area contributed by atoms with Crippen LogP contribution >= 0.6 is 0 Å². The zero-order chi connectivity index (χ0) is 14.7. The van der Waals surface area contributed by atoms with Gasteiger partial charge in [-0.05, 0) is 31.8 Å². The van der Waals surface area contributed by atoms with E-state index in [4.69, 9.17) is 4.74 Å². The lowest BCUT2D eigenvalue weighted by Gasteiger charge is -2.28. The van der Waals surface area contributed by atoms with Gasteiger partial charge in [0.1, 0.15) is 5.75 Å². The molecule has 0 radical (unpaired) electrons. The minimum absolute atomic E-state index is 0.318. The molecule has 110 valence electrons. The van der Waals surface area contributed by atoms with Gasteiger partial charge in [0.25, 0.3) is 0 Å². The molecule has 3 nitrogen and oxygen atoms in total. The van der Waals surface area contributed by atoms with Crippen LogP contribution in [0, 0.1) is 0 Å². The summed E-state index contributed by atoms with van der Waals surface area (Å²) in [5.74, 6) is 1.01. The van der Waals surface area contributed by atoms with Crippen molar-refractivity contribution in [2.24, 2.45) is 0 Å². The summed E-state index contributed by atoms with van der Waals surface area (Å²) in [7, 11) is 4.20. The maximum absolute atomic E-state index is 5.74. The van der Waals surface area contributed by atoms with E-state index in [1.165, 1.54) is 16.8 Å². The number of rotatable bonds is 4. The minimum Gasteiger partial charge on any atom is -0.493 e. The summed E-state index contributed by atoms with van der Waals surface area (Å²) >= 11 is 0. The number of hydrogen-bond acceptors (Lipinski definition) is 3. The van der Waals surface area contributed by atoms with Crippen LogP contribution in [0.15, 0.2) is 48.5 Å². The number of nitrogens with one attached hydrogen (secondary N) is 1. The van der Waals surface area contributed by atoms with E-state index >= 15 is 0 Å². The van der Waals surface area contributed by atoms with E-state index < -0.39 is 0 Å². The molecule has 0 fully saturated rings. The Hall–Kier alpha value is -2.00. The Morgan fingerprint density at radius 1 is 1.10 bits per heavy atom. The van der Waals surface area contributed by atoms with E-state index in [1.54, 1.807) is 0 Å². The molecular weight excluding hydrogens is 260 g/mol. The van der Waals surface area contributed by atoms with Gasteiger partial charge in [0.05, 0.1) is 12.6 Å². The Morgan fingerprint density at radius 2 is 1.86 bits per heavy atom. The summed E-state index contributed by atoms with van der Waals surface area (Å²) in [4.78, 5) is 2.19. The SMILES string of the molecule is CN(C)Cc1ccccc1NC1CCOc2ccccc21. The number of fused-ring (bicyclic) bond motifs is 1. The first kappa shape index (κ1) is 14.0. The van der Waals surface area contributed by atoms with Crippen LogP contribution < -0.4 is 10.1 Å². The average Bonchev–Trinajstić information content (AvgIpc) is 2.49. The van der Waals surface area contributed by atoms with Gasteiger partial charge in [-0.2, -0.15) is 0 Å². The Balaban J connectivity index is 1.85. The lowest BCUT2D eigenvalue weighted by atomic mass is 9.99. The van der Waals surface area contributed by atoms with Crippen LogP contribution in [0.4, 0.5) is 5.69 Å². The minimum atomic E-state index is 0.318. The molecule has 0 saturated heterocycles. The molecule has 3 rings (SSSR count). The first-order valence-electron chi connectivity index (χ1n) is 7.45. The molecule has 1 N–H and O–H groups in total. The normalized spacial score (nSPS) is 17.2. The van der Waals surface area contributed by atoms with Crippen LogP contribution in [0.1, 0.15) is 23.6 Å². The van der Waals surface area contributed by atoms with E-state index in [1.807, 2.05) is 6.07 Å². The van der Waals surface area contributed by atoms with Crippen LogP contribution in [0.25, 0.3) is 0 Å². The molecule has 1 atom stereocenters. The van der Waals surface area contributed by atoms with Crippen molar-refractivity contribution in [2.45, 2.75) is 19.0 Å². The van der Waals surface area contributed by atoms with Gasteiger partial charge in [0, 0.05) is 24.2 Å². The molecule has 0 saturated carbocycles. The number of nitrogens with zero attached hydrogens (tertiary/aromatic N) is 1. The van der Waals surface area contributed by atoms with Crippen molar-refractivity contribution in [2.75, 3.05) is 26.0 Å². The van der Waals surface area contributed by atoms with Crippen LogP contribution in [-0.2, 0) is 6.54 Å². The lowest BCUT2D eigenvalue weighted by molar-refractivity contribution is 0.274. The maximum Gasteiger partial charge on any atom is 0.124 e. The van der Waals surface area contributed by atoms with Crippen LogP contribution in [0.2, 0.25) is 0 Å². The maximum atomic E-state index is 5.74. The molecular formula is C18H22N2O. The number of benzene rings is 2. The van der Waals surface area contributed by atoms with Gasteiger partial charge >= 0.3 is 0 Å². The summed E-state index contributed by atoms with van der Waals surface area (Å²) in [6.07, 6.45) is 0.993. The third-order valence-electron chi connectivity index (χ3n) is 3.79. The average molecular weight is 282 g/mol. The van der Waals surface area contributed by atoms with Crippen molar-refractivity contribution in [3.05, 3.63) is 59.7 Å². The summed E-state index contributed by atoms with van der Waals surface area (Å²) < 4.78 is 5.74. The van der Waals surface area contributed by atoms with Crippen LogP contribution in [-0.4, -0.2) is 25.6 Å². The number of ether oxygens (including phenoxy) is 1. The predicted octanol–water partition coefficient (Wildman–Crippen LogP) is 3.68. The van der Waals surface area contributed by atoms with Crippen molar-refractivity contribution >= 4 is 5.69 Å². The zero-order valence-electron chi connectivity index (χ0n) is 12.7. The quantitative estimate of drug-likeness (QED) is 0.925. The molecule has 2 aromatic carbocycles. The standard InChI is InChI=1S/C18H22N2O/c1-20(2)13-14-7-3-5-9-16(14)19-17-11-12-21-18-10-6-4-8-15(17)18/h3-10,17,19H,11-13H2,1-2H3. The molecule has 1 aliphatic rings. The molecule has 2 aromatic rings. The Kier molecular flexibility index (Phi) is 4.11. The van der Waals surface area contributed by atoms with Gasteiger partial charge in [0.2, 0.25) is 0 Å². The molecule has 21 heavy (non-hydrogen) atoms. The third kappa shape index (κ3) is 3.19. The van der Waals surface area contributed by atoms with Crippen molar-refractivity contribution in [3.8, 4) is 5.75 Å². The van der Waals surface area contributed by atoms with Gasteiger partial charge in [-0.25, -0.2) is 0 Å². The number of anilines is 1. The summed E-state index contributed by atoms with van der Waals surface area (Å²) in [6, 6.07) is 17.2. The van der Waals surface area contributed by atoms with Gasteiger partial charge in [-0.1, -0.05) is 36.4 Å². The highest BCUT2D eigenvalue weighted by atomic mass is 16.5. The molecule has 0 aliphatic carbocycles. The van der Waals surface area contributed by atoms with E-state index in [0.29, 0.717) is 6.04 Å². The Bertz CT molecular complexity index is 610. The predicted molar refractivity (Wildman–Crippen MR) is 86.8 cm³/mol. The smallest absolute Gasteiger partial charge is 0.124 e. The summed E-state index contributed by atoms with van der Waals surface area (Å²) in [5.41, 5.74) is 3.79. The highest BCUT2D eigenvalue weighted by molar-refractivity contribution is 5.54. The van der Waals surface area contributed by atoms with Crippen LogP contribution in [0.5, 0.6) is 5.75 Å². The molecule has 0 bridgehead atoms. The fourth-order valence-electron chi connectivity index (χ4n) is 2.82. The second-order valence-corrected chi connectivity index (χ2v) is 5.77. The molecule has 3 heteroatoms. The fourth-order valence-corrected chi connectivity index (χ4v) is 2.82.